The summed E-state index contributed by atoms with van der Waals surface area (Å²) in [5.74, 6) is 0.743. The zero-order valence-corrected chi connectivity index (χ0v) is 10.7. The molecule has 1 aliphatic heterocycles. The van der Waals surface area contributed by atoms with Crippen LogP contribution in [0.4, 0.5) is 0 Å². The molecule has 84 valence electrons. The molecule has 2 unspecified atom stereocenters. The minimum absolute atomic E-state index is 0.674. The number of hydrogen-bond acceptors (Lipinski definition) is 2. The summed E-state index contributed by atoms with van der Waals surface area (Å²) in [5, 5.41) is 3.61. The molecule has 1 aromatic rings. The van der Waals surface area contributed by atoms with Gasteiger partial charge in [0.15, 0.2) is 0 Å². The van der Waals surface area contributed by atoms with Crippen molar-refractivity contribution < 1.29 is 0 Å². The standard InChI is InChI=1S/C13H15BrN2/c14-13-4-3-10(8-16-13)11-6-9-2-1-5-15-12(9)7-11/h3-4,6,8-9,12,15H,1-2,5,7H2. The predicted molar refractivity (Wildman–Crippen MR) is 69.0 cm³/mol. The molecule has 3 rings (SSSR count). The van der Waals surface area contributed by atoms with Gasteiger partial charge >= 0.3 is 0 Å². The van der Waals surface area contributed by atoms with E-state index in [2.05, 4.69) is 38.4 Å². The van der Waals surface area contributed by atoms with E-state index in [1.54, 1.807) is 0 Å². The van der Waals surface area contributed by atoms with Gasteiger partial charge < -0.3 is 5.32 Å². The first-order valence-electron chi connectivity index (χ1n) is 5.89. The number of pyridine rings is 1. The molecule has 16 heavy (non-hydrogen) atoms. The van der Waals surface area contributed by atoms with Gasteiger partial charge in [-0.1, -0.05) is 12.1 Å². The summed E-state index contributed by atoms with van der Waals surface area (Å²) in [7, 11) is 0. The molecule has 1 fully saturated rings. The van der Waals surface area contributed by atoms with Crippen molar-refractivity contribution in [2.45, 2.75) is 25.3 Å². The lowest BCUT2D eigenvalue weighted by molar-refractivity contribution is 0.348. The molecule has 1 aromatic heterocycles. The topological polar surface area (TPSA) is 24.9 Å². The van der Waals surface area contributed by atoms with Gasteiger partial charge in [-0.05, 0) is 64.9 Å². The Morgan fingerprint density at radius 2 is 2.31 bits per heavy atom. The van der Waals surface area contributed by atoms with Crippen LogP contribution in [0.15, 0.2) is 29.0 Å². The average molecular weight is 279 g/mol. The van der Waals surface area contributed by atoms with Gasteiger partial charge in [0.1, 0.15) is 4.60 Å². The number of rotatable bonds is 1. The Morgan fingerprint density at radius 1 is 1.38 bits per heavy atom. The highest BCUT2D eigenvalue weighted by Crippen LogP contribution is 2.35. The molecule has 0 aromatic carbocycles. The number of aromatic nitrogens is 1. The average Bonchev–Trinajstić information content (AvgIpc) is 2.73. The number of halogens is 1. The fourth-order valence-corrected chi connectivity index (χ4v) is 2.98. The van der Waals surface area contributed by atoms with Gasteiger partial charge in [0.25, 0.3) is 0 Å². The minimum Gasteiger partial charge on any atom is -0.313 e. The van der Waals surface area contributed by atoms with Gasteiger partial charge in [0.05, 0.1) is 0 Å². The van der Waals surface area contributed by atoms with Gasteiger partial charge in [-0.3, -0.25) is 0 Å². The summed E-state index contributed by atoms with van der Waals surface area (Å²) < 4.78 is 0.908. The fraction of sp³-hybridized carbons (Fsp3) is 0.462. The lowest BCUT2D eigenvalue weighted by Gasteiger charge is -2.25. The molecule has 1 N–H and O–H groups in total. The molecular formula is C13H15BrN2. The second kappa shape index (κ2) is 4.30. The van der Waals surface area contributed by atoms with Crippen LogP contribution in [-0.4, -0.2) is 17.6 Å². The normalized spacial score (nSPS) is 28.7. The lowest BCUT2D eigenvalue weighted by atomic mass is 9.94. The summed E-state index contributed by atoms with van der Waals surface area (Å²) in [6, 6.07) is 4.85. The van der Waals surface area contributed by atoms with Crippen LogP contribution in [0, 0.1) is 5.92 Å². The van der Waals surface area contributed by atoms with Gasteiger partial charge in [-0.25, -0.2) is 4.98 Å². The molecule has 1 saturated heterocycles. The third-order valence-electron chi connectivity index (χ3n) is 3.59. The smallest absolute Gasteiger partial charge is 0.106 e. The second-order valence-corrected chi connectivity index (χ2v) is 5.44. The van der Waals surface area contributed by atoms with Gasteiger partial charge in [0.2, 0.25) is 0 Å². The number of piperidine rings is 1. The Bertz CT molecular complexity index is 410. The van der Waals surface area contributed by atoms with Crippen molar-refractivity contribution in [1.29, 1.82) is 0 Å². The highest BCUT2D eigenvalue weighted by Gasteiger charge is 2.29. The van der Waals surface area contributed by atoms with Crippen LogP contribution in [0.25, 0.3) is 5.57 Å². The number of fused-ring (bicyclic) bond motifs is 1. The molecule has 2 aliphatic rings. The van der Waals surface area contributed by atoms with Crippen molar-refractivity contribution in [3.8, 4) is 0 Å². The first-order valence-corrected chi connectivity index (χ1v) is 6.68. The maximum atomic E-state index is 4.30. The van der Waals surface area contributed by atoms with E-state index in [-0.39, 0.29) is 0 Å². The Balaban J connectivity index is 1.83. The van der Waals surface area contributed by atoms with E-state index in [1.807, 2.05) is 12.3 Å². The van der Waals surface area contributed by atoms with Crippen LogP contribution >= 0.6 is 15.9 Å². The predicted octanol–water partition coefficient (Wildman–Crippen LogP) is 3.00. The van der Waals surface area contributed by atoms with Crippen molar-refractivity contribution >= 4 is 21.5 Å². The van der Waals surface area contributed by atoms with Crippen LogP contribution in [0.1, 0.15) is 24.8 Å². The summed E-state index contributed by atoms with van der Waals surface area (Å²) in [4.78, 5) is 4.30. The van der Waals surface area contributed by atoms with E-state index in [0.29, 0.717) is 6.04 Å². The Morgan fingerprint density at radius 3 is 3.06 bits per heavy atom. The maximum Gasteiger partial charge on any atom is 0.106 e. The fourth-order valence-electron chi connectivity index (χ4n) is 2.74. The van der Waals surface area contributed by atoms with Gasteiger partial charge in [-0.2, -0.15) is 0 Å². The molecule has 1 aliphatic carbocycles. The van der Waals surface area contributed by atoms with Crippen molar-refractivity contribution in [2.24, 2.45) is 5.92 Å². The van der Waals surface area contributed by atoms with E-state index in [0.717, 1.165) is 16.9 Å². The van der Waals surface area contributed by atoms with Crippen LogP contribution in [0.3, 0.4) is 0 Å². The van der Waals surface area contributed by atoms with Crippen molar-refractivity contribution in [2.75, 3.05) is 6.54 Å². The molecular weight excluding hydrogens is 264 g/mol. The van der Waals surface area contributed by atoms with Crippen LogP contribution < -0.4 is 5.32 Å². The quantitative estimate of drug-likeness (QED) is 0.799. The highest BCUT2D eigenvalue weighted by atomic mass is 79.9. The molecule has 0 saturated carbocycles. The van der Waals surface area contributed by atoms with E-state index in [1.165, 1.54) is 30.5 Å². The second-order valence-electron chi connectivity index (χ2n) is 4.63. The lowest BCUT2D eigenvalue weighted by Crippen LogP contribution is -2.37. The highest BCUT2D eigenvalue weighted by molar-refractivity contribution is 9.10. The van der Waals surface area contributed by atoms with Crippen molar-refractivity contribution in [3.05, 3.63) is 34.6 Å². The summed E-state index contributed by atoms with van der Waals surface area (Å²) >= 11 is 3.37. The molecule has 2 nitrogen and oxygen atoms in total. The first-order chi connectivity index (χ1) is 7.83. The van der Waals surface area contributed by atoms with E-state index in [9.17, 15) is 0 Å². The first kappa shape index (κ1) is 10.5. The summed E-state index contributed by atoms with van der Waals surface area (Å²) in [6.45, 7) is 1.18. The molecule has 2 heterocycles. The number of nitrogens with zero attached hydrogens (tertiary/aromatic N) is 1. The molecule has 3 heteroatoms. The molecule has 2 atom stereocenters. The zero-order valence-electron chi connectivity index (χ0n) is 9.12. The molecule has 0 spiro atoms. The molecule has 0 bridgehead atoms. The third kappa shape index (κ3) is 1.94. The van der Waals surface area contributed by atoms with Crippen molar-refractivity contribution in [3.63, 3.8) is 0 Å². The van der Waals surface area contributed by atoms with E-state index < -0.39 is 0 Å². The van der Waals surface area contributed by atoms with Crippen LogP contribution in [-0.2, 0) is 0 Å². The number of nitrogens with one attached hydrogen (secondary N) is 1. The molecule has 0 radical (unpaired) electrons. The van der Waals surface area contributed by atoms with E-state index >= 15 is 0 Å². The van der Waals surface area contributed by atoms with Crippen molar-refractivity contribution in [1.82, 2.24) is 10.3 Å². The Kier molecular flexibility index (Phi) is 2.82. The van der Waals surface area contributed by atoms with Crippen LogP contribution in [0.5, 0.6) is 0 Å². The molecule has 0 amide bonds. The Hall–Kier alpha value is -0.670. The maximum absolute atomic E-state index is 4.30. The zero-order chi connectivity index (χ0) is 11.0. The van der Waals surface area contributed by atoms with Gasteiger partial charge in [0, 0.05) is 12.2 Å². The van der Waals surface area contributed by atoms with Crippen LogP contribution in [0.2, 0.25) is 0 Å². The monoisotopic (exact) mass is 278 g/mol. The number of hydrogen-bond donors (Lipinski definition) is 1. The summed E-state index contributed by atoms with van der Waals surface area (Å²) in [5.41, 5.74) is 2.74. The SMILES string of the molecule is Brc1ccc(C2=CC3CCCNC3C2)cn1. The third-order valence-corrected chi connectivity index (χ3v) is 4.06. The van der Waals surface area contributed by atoms with Gasteiger partial charge in [-0.15, -0.1) is 0 Å². The largest absolute Gasteiger partial charge is 0.313 e. The Labute approximate surface area is 104 Å². The van der Waals surface area contributed by atoms with E-state index in [4.69, 9.17) is 0 Å². The minimum atomic E-state index is 0.674. The summed E-state index contributed by atoms with van der Waals surface area (Å²) in [6.07, 6.45) is 8.22.